The molecule has 0 N–H and O–H groups in total. The Bertz CT molecular complexity index is 5140. The number of allylic oxidation sites excluding steroid dienone is 4. The number of para-hydroxylation sites is 2. The van der Waals surface area contributed by atoms with Crippen molar-refractivity contribution in [2.75, 3.05) is 0 Å². The lowest BCUT2D eigenvalue weighted by Crippen LogP contribution is -2.26. The Balaban J connectivity index is 0.850. The number of nitrogens with zero attached hydrogens (tertiary/aromatic N) is 8. The van der Waals surface area contributed by atoms with Gasteiger partial charge in [-0.2, -0.15) is 0 Å². The largest absolute Gasteiger partial charge is 0.309 e. The second-order valence-corrected chi connectivity index (χ2v) is 24.2. The van der Waals surface area contributed by atoms with E-state index in [1.807, 2.05) is 54.6 Å². The Kier molecular flexibility index (Phi) is 11.0. The van der Waals surface area contributed by atoms with Crippen LogP contribution in [0.1, 0.15) is 68.1 Å². The predicted octanol–water partition coefficient (Wildman–Crippen LogP) is 18.8. The van der Waals surface area contributed by atoms with Crippen LogP contribution in [0.15, 0.2) is 249 Å². The summed E-state index contributed by atoms with van der Waals surface area (Å²) in [7, 11) is 0. The fraction of sp³-hybridized carbons (Fsp3) is 0.103. The topological polar surface area (TPSA) is 87.2 Å². The molecule has 1 aliphatic carbocycles. The molecule has 86 heavy (non-hydrogen) atoms. The second-order valence-electron chi connectivity index (χ2n) is 24.2. The highest BCUT2D eigenvalue weighted by Crippen LogP contribution is 2.52. The van der Waals surface area contributed by atoms with E-state index >= 15 is 0 Å². The quantitative estimate of drug-likeness (QED) is 0.151. The first-order chi connectivity index (χ1) is 42.1. The van der Waals surface area contributed by atoms with Crippen molar-refractivity contribution in [3.05, 3.63) is 277 Å². The molecule has 3 aliphatic rings. The summed E-state index contributed by atoms with van der Waals surface area (Å²) in [5.74, 6) is 4.08. The number of hydrogen-bond acceptors (Lipinski definition) is 6. The molecule has 408 valence electrons. The molecule has 6 heterocycles. The molecular formula is C78H56N8. The van der Waals surface area contributed by atoms with Gasteiger partial charge in [0.1, 0.15) is 5.82 Å². The number of aromatic nitrogens is 8. The molecular weight excluding hydrogens is 1050 g/mol. The molecule has 0 fully saturated rings. The molecule has 0 amide bonds. The van der Waals surface area contributed by atoms with Crippen molar-refractivity contribution in [1.82, 2.24) is 39.0 Å². The molecule has 8 nitrogen and oxygen atoms in total. The maximum absolute atomic E-state index is 5.25. The lowest BCUT2D eigenvalue weighted by molar-refractivity contribution is 0.630. The van der Waals surface area contributed by atoms with Gasteiger partial charge in [0.15, 0.2) is 29.1 Å². The Morgan fingerprint density at radius 1 is 0.326 bits per heavy atom. The molecule has 1 atom stereocenters. The number of benzene rings is 10. The van der Waals surface area contributed by atoms with Crippen molar-refractivity contribution >= 4 is 43.6 Å². The van der Waals surface area contributed by atoms with Gasteiger partial charge in [-0.15, -0.1) is 0 Å². The van der Waals surface area contributed by atoms with Crippen LogP contribution in [0.25, 0.3) is 134 Å². The van der Waals surface area contributed by atoms with Crippen molar-refractivity contribution < 1.29 is 0 Å². The van der Waals surface area contributed by atoms with E-state index in [9.17, 15) is 0 Å². The van der Waals surface area contributed by atoms with Crippen LogP contribution >= 0.6 is 0 Å². The Labute approximate surface area is 498 Å². The number of fused-ring (bicyclic) bond motifs is 10. The van der Waals surface area contributed by atoms with Crippen LogP contribution in [-0.4, -0.2) is 39.0 Å². The van der Waals surface area contributed by atoms with Gasteiger partial charge >= 0.3 is 0 Å². The molecule has 2 aliphatic heterocycles. The smallest absolute Gasteiger partial charge is 0.164 e. The molecule has 8 heteroatoms. The van der Waals surface area contributed by atoms with E-state index in [-0.39, 0.29) is 16.7 Å². The van der Waals surface area contributed by atoms with E-state index in [1.165, 1.54) is 55.4 Å². The van der Waals surface area contributed by atoms with Gasteiger partial charge in [0.05, 0.1) is 33.4 Å². The molecule has 0 radical (unpaired) electrons. The highest BCUT2D eigenvalue weighted by atomic mass is 15.1. The van der Waals surface area contributed by atoms with E-state index in [0.29, 0.717) is 29.1 Å². The van der Waals surface area contributed by atoms with Crippen molar-refractivity contribution in [2.45, 2.75) is 50.9 Å². The Morgan fingerprint density at radius 2 is 0.721 bits per heavy atom. The first-order valence-corrected chi connectivity index (χ1v) is 29.7. The SMILES string of the molecule is CC1(C)c2ccccc2-n2c3ccc(-c4nc(-c5ccccc5)nc(-c5ccccc5)n4)cc3c3cc(-c4cccc(-c5cc6c7c(c5)c5cc(-c8nc(-c9ccccc9)nc(C9C=CC=CC9)n8)ccc5n7-c5ccccc5C6(C)C)c4)cc1c32. The van der Waals surface area contributed by atoms with Crippen molar-refractivity contribution in [2.24, 2.45) is 0 Å². The third kappa shape index (κ3) is 7.68. The predicted molar refractivity (Wildman–Crippen MR) is 350 cm³/mol. The van der Waals surface area contributed by atoms with Crippen molar-refractivity contribution in [3.8, 4) is 90.6 Å². The van der Waals surface area contributed by atoms with Crippen LogP contribution in [0.2, 0.25) is 0 Å². The average Bonchev–Trinajstić information content (AvgIpc) is 1.59. The maximum atomic E-state index is 5.25. The summed E-state index contributed by atoms with van der Waals surface area (Å²) in [5, 5.41) is 4.68. The zero-order valence-corrected chi connectivity index (χ0v) is 48.0. The maximum Gasteiger partial charge on any atom is 0.164 e. The molecule has 10 aromatic carbocycles. The summed E-state index contributed by atoms with van der Waals surface area (Å²) < 4.78 is 4.98. The van der Waals surface area contributed by atoms with Crippen molar-refractivity contribution in [1.29, 1.82) is 0 Å². The van der Waals surface area contributed by atoms with Gasteiger partial charge in [-0.05, 0) is 130 Å². The minimum Gasteiger partial charge on any atom is -0.309 e. The van der Waals surface area contributed by atoms with Gasteiger partial charge in [-0.3, -0.25) is 0 Å². The van der Waals surface area contributed by atoms with E-state index in [4.69, 9.17) is 29.9 Å². The second kappa shape index (κ2) is 18.9. The Morgan fingerprint density at radius 3 is 1.17 bits per heavy atom. The van der Waals surface area contributed by atoms with E-state index in [0.717, 1.165) is 84.1 Å². The normalized spacial score (nSPS) is 15.1. The van der Waals surface area contributed by atoms with E-state index in [1.54, 1.807) is 0 Å². The summed E-state index contributed by atoms with van der Waals surface area (Å²) in [4.78, 5) is 31.0. The molecule has 17 rings (SSSR count). The average molecular weight is 1110 g/mol. The standard InChI is InChI=1S/C78H56N8/c1-77(2)61-32-17-19-34-67(61)85-65-38-36-53(75-81-71(47-22-9-5-10-23-47)79-72(82-75)48-24-11-6-12-25-48)41-57(65)59-43-55(45-63(77)69(59)85)51-30-21-31-52(40-51)56-44-60-58-42-54(37-39-66(58)86-68-35-20-18-33-62(68)78(3,4)64(46-56)70(60)86)76-83-73(49-26-13-7-14-27-49)80-74(84-76)50-28-15-8-16-29-50/h5-28,30-46,50H,29H2,1-4H3. The monoisotopic (exact) mass is 1100 g/mol. The molecule has 0 saturated heterocycles. The summed E-state index contributed by atoms with van der Waals surface area (Å²) in [6.45, 7) is 9.52. The van der Waals surface area contributed by atoms with E-state index < -0.39 is 0 Å². The van der Waals surface area contributed by atoms with Gasteiger partial charge in [0.2, 0.25) is 0 Å². The van der Waals surface area contributed by atoms with Gasteiger partial charge in [-0.25, -0.2) is 29.9 Å². The zero-order chi connectivity index (χ0) is 57.4. The lowest BCUT2D eigenvalue weighted by Gasteiger charge is -2.35. The minimum absolute atomic E-state index is 0.0569. The van der Waals surface area contributed by atoms with Crippen molar-refractivity contribution in [3.63, 3.8) is 0 Å². The third-order valence-corrected chi connectivity index (χ3v) is 18.4. The van der Waals surface area contributed by atoms with Crippen LogP contribution in [0.5, 0.6) is 0 Å². The van der Waals surface area contributed by atoms with Gasteiger partial charge in [-0.1, -0.05) is 198 Å². The molecule has 0 spiro atoms. The lowest BCUT2D eigenvalue weighted by atomic mass is 9.73. The van der Waals surface area contributed by atoms with Crippen LogP contribution in [0.3, 0.4) is 0 Å². The highest BCUT2D eigenvalue weighted by Gasteiger charge is 2.38. The Hall–Kier alpha value is -10.7. The molecule has 0 bridgehead atoms. The first-order valence-electron chi connectivity index (χ1n) is 29.7. The first kappa shape index (κ1) is 49.9. The van der Waals surface area contributed by atoms with Gasteiger partial charge in [0, 0.05) is 66.1 Å². The van der Waals surface area contributed by atoms with E-state index in [2.05, 4.69) is 231 Å². The van der Waals surface area contributed by atoms with Crippen LogP contribution in [0, 0.1) is 0 Å². The van der Waals surface area contributed by atoms with Gasteiger partial charge < -0.3 is 9.13 Å². The minimum atomic E-state index is -0.308. The molecule has 0 saturated carbocycles. The van der Waals surface area contributed by atoms with Crippen LogP contribution < -0.4 is 0 Å². The summed E-state index contributed by atoms with van der Waals surface area (Å²) in [6, 6.07) is 81.0. The molecule has 4 aromatic heterocycles. The van der Waals surface area contributed by atoms with Crippen LogP contribution in [0.4, 0.5) is 0 Å². The molecule has 1 unspecified atom stereocenters. The molecule has 14 aromatic rings. The number of hydrogen-bond donors (Lipinski definition) is 0. The fourth-order valence-corrected chi connectivity index (χ4v) is 14.0. The summed E-state index contributed by atoms with van der Waals surface area (Å²) in [6.07, 6.45) is 9.42. The highest BCUT2D eigenvalue weighted by molar-refractivity contribution is 6.15. The fourth-order valence-electron chi connectivity index (χ4n) is 14.0. The summed E-state index contributed by atoms with van der Waals surface area (Å²) in [5.41, 5.74) is 21.0. The third-order valence-electron chi connectivity index (χ3n) is 18.4. The summed E-state index contributed by atoms with van der Waals surface area (Å²) >= 11 is 0. The zero-order valence-electron chi connectivity index (χ0n) is 48.0. The van der Waals surface area contributed by atoms with Gasteiger partial charge in [0.25, 0.3) is 0 Å². The number of rotatable bonds is 8. The van der Waals surface area contributed by atoms with Crippen LogP contribution in [-0.2, 0) is 10.8 Å².